The van der Waals surface area contributed by atoms with Gasteiger partial charge in [-0.2, -0.15) is 0 Å². The first-order valence-corrected chi connectivity index (χ1v) is 11.1. The van der Waals surface area contributed by atoms with Crippen LogP contribution in [-0.2, 0) is 16.4 Å². The van der Waals surface area contributed by atoms with Crippen molar-refractivity contribution in [2.45, 2.75) is 13.3 Å². The molecular formula is C22H22N2O5S. The first kappa shape index (κ1) is 21.3. The van der Waals surface area contributed by atoms with E-state index >= 15 is 0 Å². The summed E-state index contributed by atoms with van der Waals surface area (Å²) in [6.45, 7) is 2.06. The Labute approximate surface area is 175 Å². The van der Waals surface area contributed by atoms with E-state index in [1.807, 2.05) is 29.0 Å². The van der Waals surface area contributed by atoms with Crippen LogP contribution >= 0.6 is 0 Å². The zero-order valence-electron chi connectivity index (χ0n) is 16.9. The molecule has 3 rings (SSSR count). The Kier molecular flexibility index (Phi) is 6.37. The van der Waals surface area contributed by atoms with Crippen molar-refractivity contribution in [3.05, 3.63) is 71.9 Å². The van der Waals surface area contributed by atoms with Gasteiger partial charge in [0.25, 0.3) is 5.91 Å². The lowest BCUT2D eigenvalue weighted by Gasteiger charge is -2.15. The van der Waals surface area contributed by atoms with Gasteiger partial charge in [-0.1, -0.05) is 19.1 Å². The molecule has 8 heteroatoms. The molecule has 30 heavy (non-hydrogen) atoms. The summed E-state index contributed by atoms with van der Waals surface area (Å²) in [6, 6.07) is 15.9. The summed E-state index contributed by atoms with van der Waals surface area (Å²) in [6.07, 6.45) is 3.38. The fourth-order valence-corrected chi connectivity index (χ4v) is 3.37. The molecule has 0 bridgehead atoms. The van der Waals surface area contributed by atoms with E-state index in [-0.39, 0.29) is 5.56 Å². The van der Waals surface area contributed by atoms with Crippen LogP contribution in [0.5, 0.6) is 17.4 Å². The van der Waals surface area contributed by atoms with Gasteiger partial charge in [0.15, 0.2) is 0 Å². The summed E-state index contributed by atoms with van der Waals surface area (Å²) >= 11 is 0. The van der Waals surface area contributed by atoms with Crippen LogP contribution in [-0.4, -0.2) is 32.7 Å². The monoisotopic (exact) mass is 426 g/mol. The quantitative estimate of drug-likeness (QED) is 0.618. The van der Waals surface area contributed by atoms with Gasteiger partial charge in [-0.15, -0.1) is 0 Å². The summed E-state index contributed by atoms with van der Waals surface area (Å²) in [7, 11) is -2.20. The topological polar surface area (TPSA) is 94.6 Å². The lowest BCUT2D eigenvalue weighted by molar-refractivity contribution is 0.0981. The van der Waals surface area contributed by atoms with Gasteiger partial charge in [0, 0.05) is 22.9 Å². The number of aromatic nitrogens is 1. The Bertz CT molecular complexity index is 1180. The average molecular weight is 426 g/mol. The molecule has 1 aromatic heterocycles. The number of carbonyl (C=O) groups is 1. The van der Waals surface area contributed by atoms with Crippen LogP contribution in [0.4, 0.5) is 0 Å². The fraction of sp³-hybridized carbons (Fsp3) is 0.182. The van der Waals surface area contributed by atoms with Crippen molar-refractivity contribution in [1.29, 1.82) is 0 Å². The second-order valence-electron chi connectivity index (χ2n) is 6.58. The SMILES string of the molecule is CCc1cccc(Oc2ccc(C(=O)NS(C)(=O)=O)cc2-c2cccnc2OC)c1. The minimum Gasteiger partial charge on any atom is -0.481 e. The van der Waals surface area contributed by atoms with Crippen molar-refractivity contribution in [1.82, 2.24) is 9.71 Å². The predicted octanol–water partition coefficient (Wildman–Crippen LogP) is 3.80. The highest BCUT2D eigenvalue weighted by Gasteiger charge is 2.18. The lowest BCUT2D eigenvalue weighted by Crippen LogP contribution is -2.29. The molecule has 0 unspecified atom stereocenters. The van der Waals surface area contributed by atoms with Crippen molar-refractivity contribution in [3.63, 3.8) is 0 Å². The first-order chi connectivity index (χ1) is 14.3. The van der Waals surface area contributed by atoms with Gasteiger partial charge >= 0.3 is 0 Å². The molecule has 0 saturated carbocycles. The summed E-state index contributed by atoms with van der Waals surface area (Å²) in [5.41, 5.74) is 2.44. The van der Waals surface area contributed by atoms with E-state index in [4.69, 9.17) is 9.47 Å². The van der Waals surface area contributed by atoms with Gasteiger partial charge in [0.1, 0.15) is 11.5 Å². The maximum Gasteiger partial charge on any atom is 0.264 e. The normalized spacial score (nSPS) is 11.0. The molecule has 0 spiro atoms. The Morgan fingerprint density at radius 2 is 1.87 bits per heavy atom. The van der Waals surface area contributed by atoms with Crippen LogP contribution in [0.2, 0.25) is 0 Å². The number of aryl methyl sites for hydroxylation is 1. The Balaban J connectivity index is 2.10. The molecule has 7 nitrogen and oxygen atoms in total. The molecule has 1 heterocycles. The number of methoxy groups -OCH3 is 1. The number of pyridine rings is 1. The number of hydrogen-bond acceptors (Lipinski definition) is 6. The number of carbonyl (C=O) groups excluding carboxylic acids is 1. The van der Waals surface area contributed by atoms with Gasteiger partial charge in [-0.3, -0.25) is 4.79 Å². The molecule has 0 saturated heterocycles. The summed E-state index contributed by atoms with van der Waals surface area (Å²) in [5, 5.41) is 0. The van der Waals surface area contributed by atoms with Crippen LogP contribution in [0.25, 0.3) is 11.1 Å². The predicted molar refractivity (Wildman–Crippen MR) is 114 cm³/mol. The third-order valence-corrected chi connectivity index (χ3v) is 4.87. The molecule has 0 aliphatic rings. The highest BCUT2D eigenvalue weighted by molar-refractivity contribution is 7.89. The number of nitrogens with zero attached hydrogens (tertiary/aromatic N) is 1. The third-order valence-electron chi connectivity index (χ3n) is 4.31. The molecule has 0 aliphatic carbocycles. The van der Waals surface area contributed by atoms with E-state index in [1.165, 1.54) is 13.2 Å². The first-order valence-electron chi connectivity index (χ1n) is 9.23. The van der Waals surface area contributed by atoms with Gasteiger partial charge < -0.3 is 9.47 Å². The molecule has 1 N–H and O–H groups in total. The largest absolute Gasteiger partial charge is 0.481 e. The third kappa shape index (κ3) is 5.15. The number of sulfonamides is 1. The number of rotatable bonds is 7. The highest BCUT2D eigenvalue weighted by atomic mass is 32.2. The zero-order chi connectivity index (χ0) is 21.7. The Hall–Kier alpha value is -3.39. The van der Waals surface area contributed by atoms with Crippen molar-refractivity contribution in [2.24, 2.45) is 0 Å². The number of benzene rings is 2. The molecule has 0 radical (unpaired) electrons. The molecule has 0 atom stereocenters. The van der Waals surface area contributed by atoms with Crippen LogP contribution < -0.4 is 14.2 Å². The standard InChI is InChI=1S/C22H22N2O5S/c1-4-15-7-5-8-17(13-15)29-20-11-10-16(21(25)24-30(3,26)27)14-19(20)18-9-6-12-23-22(18)28-2/h5-14H,4H2,1-3H3,(H,24,25). The van der Waals surface area contributed by atoms with Crippen LogP contribution in [0.3, 0.4) is 0 Å². The Morgan fingerprint density at radius 1 is 1.07 bits per heavy atom. The molecule has 3 aromatic rings. The maximum atomic E-state index is 12.4. The van der Waals surface area contributed by atoms with Gasteiger partial charge in [-0.25, -0.2) is 18.1 Å². The minimum absolute atomic E-state index is 0.163. The van der Waals surface area contributed by atoms with Crippen LogP contribution in [0.15, 0.2) is 60.8 Å². The molecule has 156 valence electrons. The fourth-order valence-electron chi connectivity index (χ4n) is 2.91. The molecule has 2 aromatic carbocycles. The van der Waals surface area contributed by atoms with Crippen LogP contribution in [0.1, 0.15) is 22.8 Å². The van der Waals surface area contributed by atoms with Gasteiger partial charge in [-0.05, 0) is 54.4 Å². The second-order valence-corrected chi connectivity index (χ2v) is 8.33. The number of nitrogens with one attached hydrogen (secondary N) is 1. The number of hydrogen-bond donors (Lipinski definition) is 1. The molecular weight excluding hydrogens is 404 g/mol. The van der Waals surface area contributed by atoms with Gasteiger partial charge in [0.05, 0.1) is 13.4 Å². The van der Waals surface area contributed by atoms with E-state index in [2.05, 4.69) is 11.9 Å². The zero-order valence-corrected chi connectivity index (χ0v) is 17.7. The van der Waals surface area contributed by atoms with Crippen molar-refractivity contribution in [3.8, 4) is 28.5 Å². The summed E-state index contributed by atoms with van der Waals surface area (Å²) in [5.74, 6) is 0.740. The van der Waals surface area contributed by atoms with Crippen LogP contribution in [0, 0.1) is 0 Å². The minimum atomic E-state index is -3.70. The van der Waals surface area contributed by atoms with E-state index in [0.717, 1.165) is 18.2 Å². The second kappa shape index (κ2) is 8.96. The smallest absolute Gasteiger partial charge is 0.264 e. The van der Waals surface area contributed by atoms with Gasteiger partial charge in [0.2, 0.25) is 15.9 Å². The Morgan fingerprint density at radius 3 is 2.57 bits per heavy atom. The average Bonchev–Trinajstić information content (AvgIpc) is 2.73. The van der Waals surface area contributed by atoms with Crippen molar-refractivity contribution >= 4 is 15.9 Å². The maximum absolute atomic E-state index is 12.4. The van der Waals surface area contributed by atoms with E-state index in [1.54, 1.807) is 30.5 Å². The number of ether oxygens (including phenoxy) is 2. The van der Waals surface area contributed by atoms with E-state index in [9.17, 15) is 13.2 Å². The molecule has 1 amide bonds. The lowest BCUT2D eigenvalue weighted by atomic mass is 10.0. The van der Waals surface area contributed by atoms with Crippen molar-refractivity contribution < 1.29 is 22.7 Å². The van der Waals surface area contributed by atoms with E-state index < -0.39 is 15.9 Å². The summed E-state index contributed by atoms with van der Waals surface area (Å²) < 4.78 is 36.3. The van der Waals surface area contributed by atoms with Crippen molar-refractivity contribution in [2.75, 3.05) is 13.4 Å². The van der Waals surface area contributed by atoms with E-state index in [0.29, 0.717) is 28.5 Å². The molecule has 0 aliphatic heterocycles. The number of amides is 1. The summed E-state index contributed by atoms with van der Waals surface area (Å²) in [4.78, 5) is 16.6. The highest BCUT2D eigenvalue weighted by Crippen LogP contribution is 2.38. The molecule has 0 fully saturated rings.